The third-order valence-electron chi connectivity index (χ3n) is 2.38. The van der Waals surface area contributed by atoms with Crippen LogP contribution >= 0.6 is 23.2 Å². The van der Waals surface area contributed by atoms with Gasteiger partial charge in [-0.3, -0.25) is 0 Å². The third kappa shape index (κ3) is 3.14. The normalized spacial score (nSPS) is 12.9. The fraction of sp³-hybridized carbons (Fsp3) is 0.545. The first-order valence-corrected chi connectivity index (χ1v) is 5.71. The van der Waals surface area contributed by atoms with Crippen molar-refractivity contribution in [2.24, 2.45) is 0 Å². The number of hydrogen-bond donors (Lipinski definition) is 0. The highest BCUT2D eigenvalue weighted by Crippen LogP contribution is 2.26. The Bertz CT molecular complexity index is 299. The van der Waals surface area contributed by atoms with Crippen LogP contribution in [-0.4, -0.2) is 4.98 Å². The minimum atomic E-state index is 0.387. The van der Waals surface area contributed by atoms with Gasteiger partial charge in [0.2, 0.25) is 0 Å². The van der Waals surface area contributed by atoms with Crippen molar-refractivity contribution in [3.05, 3.63) is 28.0 Å². The molecular weight excluding hydrogens is 217 g/mol. The second-order valence-electron chi connectivity index (χ2n) is 3.58. The molecule has 0 aliphatic heterocycles. The molecule has 0 aliphatic rings. The summed E-state index contributed by atoms with van der Waals surface area (Å²) in [7, 11) is 0. The molecule has 3 heteroatoms. The lowest BCUT2D eigenvalue weighted by molar-refractivity contribution is 0.622. The van der Waals surface area contributed by atoms with Gasteiger partial charge in [-0.05, 0) is 24.0 Å². The number of rotatable bonds is 4. The summed E-state index contributed by atoms with van der Waals surface area (Å²) in [5.74, 6) is 0.511. The van der Waals surface area contributed by atoms with E-state index in [9.17, 15) is 0 Å². The molecule has 0 aliphatic carbocycles. The fourth-order valence-electron chi connectivity index (χ4n) is 1.38. The number of unbranched alkanes of at least 4 members (excludes halogenated alkanes) is 1. The van der Waals surface area contributed by atoms with Crippen molar-refractivity contribution in [2.45, 2.75) is 39.0 Å². The van der Waals surface area contributed by atoms with Crippen molar-refractivity contribution in [3.8, 4) is 0 Å². The van der Waals surface area contributed by atoms with E-state index in [1.54, 1.807) is 0 Å². The van der Waals surface area contributed by atoms with Gasteiger partial charge in [-0.1, -0.05) is 49.9 Å². The van der Waals surface area contributed by atoms with Crippen LogP contribution in [0.4, 0.5) is 0 Å². The monoisotopic (exact) mass is 231 g/mol. The topological polar surface area (TPSA) is 12.9 Å². The average Bonchev–Trinajstić information content (AvgIpc) is 2.18. The number of aromatic nitrogens is 1. The summed E-state index contributed by atoms with van der Waals surface area (Å²) >= 11 is 11.6. The molecule has 1 aromatic heterocycles. The van der Waals surface area contributed by atoms with Gasteiger partial charge in [-0.25, -0.2) is 4.98 Å². The lowest BCUT2D eigenvalue weighted by Crippen LogP contribution is -1.94. The minimum Gasteiger partial charge on any atom is -0.243 e. The number of nitrogens with zero attached hydrogens (tertiary/aromatic N) is 1. The van der Waals surface area contributed by atoms with Crippen LogP contribution in [0.25, 0.3) is 0 Å². The van der Waals surface area contributed by atoms with Crippen LogP contribution in [0.2, 0.25) is 10.2 Å². The Labute approximate surface area is 95.4 Å². The van der Waals surface area contributed by atoms with Crippen LogP contribution in [0.15, 0.2) is 12.3 Å². The van der Waals surface area contributed by atoms with Gasteiger partial charge >= 0.3 is 0 Å². The SMILES string of the molecule is CCCCC(C)c1cnc(Cl)c(Cl)c1. The number of hydrogen-bond acceptors (Lipinski definition) is 1. The zero-order valence-electron chi connectivity index (χ0n) is 8.56. The Morgan fingerprint density at radius 3 is 2.71 bits per heavy atom. The van der Waals surface area contributed by atoms with Crippen LogP contribution in [0.1, 0.15) is 44.6 Å². The van der Waals surface area contributed by atoms with Crippen molar-refractivity contribution >= 4 is 23.2 Å². The summed E-state index contributed by atoms with van der Waals surface area (Å²) in [6.45, 7) is 4.39. The zero-order valence-corrected chi connectivity index (χ0v) is 10.1. The first-order valence-electron chi connectivity index (χ1n) is 4.96. The number of pyridine rings is 1. The highest BCUT2D eigenvalue weighted by molar-refractivity contribution is 6.41. The molecule has 0 radical (unpaired) electrons. The summed E-state index contributed by atoms with van der Waals surface area (Å²) in [6, 6.07) is 1.91. The highest BCUT2D eigenvalue weighted by atomic mass is 35.5. The fourth-order valence-corrected chi connectivity index (χ4v) is 1.66. The summed E-state index contributed by atoms with van der Waals surface area (Å²) in [4.78, 5) is 4.04. The third-order valence-corrected chi connectivity index (χ3v) is 3.06. The van der Waals surface area contributed by atoms with Crippen LogP contribution in [0, 0.1) is 0 Å². The van der Waals surface area contributed by atoms with Gasteiger partial charge in [-0.15, -0.1) is 0 Å². The van der Waals surface area contributed by atoms with E-state index in [0.29, 0.717) is 16.1 Å². The molecule has 1 unspecified atom stereocenters. The Morgan fingerprint density at radius 1 is 1.43 bits per heavy atom. The van der Waals surface area contributed by atoms with Crippen molar-refractivity contribution in [3.63, 3.8) is 0 Å². The molecule has 0 saturated heterocycles. The van der Waals surface area contributed by atoms with E-state index in [1.165, 1.54) is 24.8 Å². The van der Waals surface area contributed by atoms with E-state index in [0.717, 1.165) is 0 Å². The predicted molar refractivity (Wildman–Crippen MR) is 62.2 cm³/mol. The summed E-state index contributed by atoms with van der Waals surface area (Å²) < 4.78 is 0. The highest BCUT2D eigenvalue weighted by Gasteiger charge is 2.07. The molecule has 1 nitrogen and oxygen atoms in total. The standard InChI is InChI=1S/C11H15Cl2N/c1-3-4-5-8(2)9-6-10(12)11(13)14-7-9/h6-8H,3-5H2,1-2H3. The predicted octanol–water partition coefficient (Wildman–Crippen LogP) is 4.68. The van der Waals surface area contributed by atoms with E-state index in [1.807, 2.05) is 12.3 Å². The average molecular weight is 232 g/mol. The van der Waals surface area contributed by atoms with E-state index in [4.69, 9.17) is 23.2 Å². The first kappa shape index (κ1) is 11.8. The van der Waals surface area contributed by atoms with E-state index >= 15 is 0 Å². The number of halogens is 2. The maximum Gasteiger partial charge on any atom is 0.147 e. The smallest absolute Gasteiger partial charge is 0.147 e. The van der Waals surface area contributed by atoms with Crippen molar-refractivity contribution in [1.29, 1.82) is 0 Å². The Kier molecular flexibility index (Phi) is 4.70. The van der Waals surface area contributed by atoms with Gasteiger partial charge in [0.05, 0.1) is 5.02 Å². The second kappa shape index (κ2) is 5.57. The molecule has 1 atom stereocenters. The molecule has 0 N–H and O–H groups in total. The summed E-state index contributed by atoms with van der Waals surface area (Å²) in [6.07, 6.45) is 5.45. The Hall–Kier alpha value is -0.270. The molecule has 1 aromatic rings. The minimum absolute atomic E-state index is 0.387. The molecule has 0 spiro atoms. The molecule has 78 valence electrons. The molecule has 0 fully saturated rings. The van der Waals surface area contributed by atoms with Crippen LogP contribution in [0.5, 0.6) is 0 Å². The molecule has 0 saturated carbocycles. The Morgan fingerprint density at radius 2 is 2.14 bits per heavy atom. The van der Waals surface area contributed by atoms with Gasteiger partial charge in [0.1, 0.15) is 5.15 Å². The van der Waals surface area contributed by atoms with E-state index in [2.05, 4.69) is 18.8 Å². The maximum absolute atomic E-state index is 5.90. The van der Waals surface area contributed by atoms with Crippen LogP contribution in [-0.2, 0) is 0 Å². The van der Waals surface area contributed by atoms with Gasteiger partial charge in [-0.2, -0.15) is 0 Å². The molecule has 0 aromatic carbocycles. The lowest BCUT2D eigenvalue weighted by atomic mass is 9.97. The van der Waals surface area contributed by atoms with Gasteiger partial charge in [0, 0.05) is 6.20 Å². The molecule has 1 heterocycles. The van der Waals surface area contributed by atoms with E-state index in [-0.39, 0.29) is 0 Å². The van der Waals surface area contributed by atoms with Crippen molar-refractivity contribution in [1.82, 2.24) is 4.98 Å². The summed E-state index contributed by atoms with van der Waals surface area (Å²) in [5, 5.41) is 0.936. The summed E-state index contributed by atoms with van der Waals surface area (Å²) in [5.41, 5.74) is 1.17. The van der Waals surface area contributed by atoms with Gasteiger partial charge < -0.3 is 0 Å². The Balaban J connectivity index is 2.70. The first-order chi connectivity index (χ1) is 6.65. The van der Waals surface area contributed by atoms with E-state index < -0.39 is 0 Å². The molecule has 14 heavy (non-hydrogen) atoms. The van der Waals surface area contributed by atoms with Crippen LogP contribution in [0.3, 0.4) is 0 Å². The second-order valence-corrected chi connectivity index (χ2v) is 4.35. The maximum atomic E-state index is 5.90. The largest absolute Gasteiger partial charge is 0.243 e. The molecular formula is C11H15Cl2N. The molecule has 1 rings (SSSR count). The zero-order chi connectivity index (χ0) is 10.6. The lowest BCUT2D eigenvalue weighted by Gasteiger charge is -2.11. The van der Waals surface area contributed by atoms with Crippen molar-refractivity contribution < 1.29 is 0 Å². The van der Waals surface area contributed by atoms with Crippen molar-refractivity contribution in [2.75, 3.05) is 0 Å². The van der Waals surface area contributed by atoms with Gasteiger partial charge in [0.15, 0.2) is 0 Å². The quantitative estimate of drug-likeness (QED) is 0.686. The molecule has 0 bridgehead atoms. The molecule has 0 amide bonds. The van der Waals surface area contributed by atoms with Gasteiger partial charge in [0.25, 0.3) is 0 Å². The van der Waals surface area contributed by atoms with Crippen LogP contribution < -0.4 is 0 Å².